The van der Waals surface area contributed by atoms with E-state index in [9.17, 15) is 5.11 Å². The molecule has 2 nitrogen and oxygen atoms in total. The van der Waals surface area contributed by atoms with Crippen molar-refractivity contribution in [2.75, 3.05) is 0 Å². The molecule has 1 atom stereocenters. The second-order valence-corrected chi connectivity index (χ2v) is 5.76. The van der Waals surface area contributed by atoms with Crippen LogP contribution in [0.25, 0.3) is 0 Å². The summed E-state index contributed by atoms with van der Waals surface area (Å²) >= 11 is 5.98. The second kappa shape index (κ2) is 5.91. The number of pyridine rings is 1. The fraction of sp³-hybridized carbons (Fsp3) is 0.105. The first-order valence-corrected chi connectivity index (χ1v) is 7.44. The largest absolute Gasteiger partial charge is 0.376 e. The van der Waals surface area contributed by atoms with Gasteiger partial charge >= 0.3 is 0 Å². The second-order valence-electron chi connectivity index (χ2n) is 5.33. The van der Waals surface area contributed by atoms with E-state index < -0.39 is 5.60 Å². The van der Waals surface area contributed by atoms with Gasteiger partial charge in [0.15, 0.2) is 0 Å². The van der Waals surface area contributed by atoms with E-state index in [2.05, 4.69) is 4.98 Å². The molecule has 3 rings (SSSR count). The molecule has 0 aliphatic heterocycles. The highest BCUT2D eigenvalue weighted by Crippen LogP contribution is 2.36. The number of hydrogen-bond acceptors (Lipinski definition) is 2. The van der Waals surface area contributed by atoms with Gasteiger partial charge < -0.3 is 5.11 Å². The Balaban J connectivity index is 2.22. The quantitative estimate of drug-likeness (QED) is 0.781. The molecule has 0 saturated carbocycles. The van der Waals surface area contributed by atoms with Crippen LogP contribution in [-0.4, -0.2) is 10.1 Å². The van der Waals surface area contributed by atoms with Gasteiger partial charge in [0.25, 0.3) is 0 Å². The van der Waals surface area contributed by atoms with E-state index in [1.807, 2.05) is 55.5 Å². The van der Waals surface area contributed by atoms with Gasteiger partial charge in [-0.1, -0.05) is 59.6 Å². The monoisotopic (exact) mass is 309 g/mol. The summed E-state index contributed by atoms with van der Waals surface area (Å²) in [6, 6.07) is 18.8. The smallest absolute Gasteiger partial charge is 0.142 e. The number of aryl methyl sites for hydroxylation is 1. The van der Waals surface area contributed by atoms with Crippen molar-refractivity contribution >= 4 is 11.6 Å². The van der Waals surface area contributed by atoms with E-state index in [4.69, 9.17) is 11.6 Å². The Morgan fingerprint density at radius 3 is 2.00 bits per heavy atom. The van der Waals surface area contributed by atoms with E-state index in [0.717, 1.165) is 22.3 Å². The minimum Gasteiger partial charge on any atom is -0.376 e. The first kappa shape index (κ1) is 14.8. The molecule has 0 spiro atoms. The summed E-state index contributed by atoms with van der Waals surface area (Å²) < 4.78 is 0. The summed E-state index contributed by atoms with van der Waals surface area (Å²) in [5.74, 6) is 0. The number of benzene rings is 2. The van der Waals surface area contributed by atoms with E-state index in [1.54, 1.807) is 24.5 Å². The number of halogens is 1. The van der Waals surface area contributed by atoms with Crippen molar-refractivity contribution in [3.63, 3.8) is 0 Å². The highest BCUT2D eigenvalue weighted by atomic mass is 35.5. The molecule has 0 saturated heterocycles. The molecule has 0 amide bonds. The Bertz CT molecular complexity index is 706. The number of rotatable bonds is 3. The van der Waals surface area contributed by atoms with E-state index in [-0.39, 0.29) is 0 Å². The summed E-state index contributed by atoms with van der Waals surface area (Å²) in [5.41, 5.74) is 2.17. The summed E-state index contributed by atoms with van der Waals surface area (Å²) in [6.07, 6.45) is 3.38. The topological polar surface area (TPSA) is 33.1 Å². The predicted molar refractivity (Wildman–Crippen MR) is 89.0 cm³/mol. The first-order valence-electron chi connectivity index (χ1n) is 7.07. The third-order valence-electron chi connectivity index (χ3n) is 3.81. The van der Waals surface area contributed by atoms with Gasteiger partial charge in [0.05, 0.1) is 0 Å². The lowest BCUT2D eigenvalue weighted by molar-refractivity contribution is 0.125. The zero-order valence-electron chi connectivity index (χ0n) is 12.2. The molecule has 3 heteroatoms. The summed E-state index contributed by atoms with van der Waals surface area (Å²) in [5, 5.41) is 12.2. The summed E-state index contributed by atoms with van der Waals surface area (Å²) in [4.78, 5) is 4.15. The van der Waals surface area contributed by atoms with Gasteiger partial charge in [0.1, 0.15) is 5.60 Å². The molecule has 0 aliphatic carbocycles. The molecule has 0 bridgehead atoms. The minimum absolute atomic E-state index is 0.640. The number of aliphatic hydroxyl groups is 1. The molecule has 1 N–H and O–H groups in total. The van der Waals surface area contributed by atoms with Gasteiger partial charge in [-0.25, -0.2) is 0 Å². The molecule has 0 fully saturated rings. The van der Waals surface area contributed by atoms with Crippen LogP contribution >= 0.6 is 11.6 Å². The normalized spacial score (nSPS) is 13.6. The van der Waals surface area contributed by atoms with Gasteiger partial charge in [-0.15, -0.1) is 0 Å². The fourth-order valence-electron chi connectivity index (χ4n) is 2.56. The van der Waals surface area contributed by atoms with Gasteiger partial charge in [0, 0.05) is 23.0 Å². The van der Waals surface area contributed by atoms with Crippen LogP contribution in [0.1, 0.15) is 22.3 Å². The molecule has 0 radical (unpaired) electrons. The van der Waals surface area contributed by atoms with Crippen LogP contribution < -0.4 is 0 Å². The zero-order valence-corrected chi connectivity index (χ0v) is 13.0. The minimum atomic E-state index is -1.26. The lowest BCUT2D eigenvalue weighted by Crippen LogP contribution is -2.29. The van der Waals surface area contributed by atoms with Gasteiger partial charge in [0.2, 0.25) is 0 Å². The average molecular weight is 310 g/mol. The molecule has 22 heavy (non-hydrogen) atoms. The zero-order chi connectivity index (χ0) is 15.6. The van der Waals surface area contributed by atoms with E-state index >= 15 is 0 Å². The van der Waals surface area contributed by atoms with Crippen LogP contribution in [0.2, 0.25) is 5.02 Å². The Morgan fingerprint density at radius 1 is 0.864 bits per heavy atom. The predicted octanol–water partition coefficient (Wildman–Crippen LogP) is 4.33. The van der Waals surface area contributed by atoms with Crippen molar-refractivity contribution in [2.45, 2.75) is 12.5 Å². The third-order valence-corrected chi connectivity index (χ3v) is 4.06. The summed E-state index contributed by atoms with van der Waals surface area (Å²) in [7, 11) is 0. The maximum Gasteiger partial charge on any atom is 0.142 e. The Kier molecular flexibility index (Phi) is 3.97. The number of hydrogen-bond donors (Lipinski definition) is 1. The third kappa shape index (κ3) is 2.63. The molecular formula is C19H16ClNO. The molecule has 1 aromatic heterocycles. The van der Waals surface area contributed by atoms with Crippen LogP contribution in [0, 0.1) is 6.92 Å². The van der Waals surface area contributed by atoms with Crippen molar-refractivity contribution in [3.05, 3.63) is 100 Å². The average Bonchev–Trinajstić information content (AvgIpc) is 2.56. The van der Waals surface area contributed by atoms with Crippen LogP contribution in [0.3, 0.4) is 0 Å². The molecule has 0 unspecified atom stereocenters. The highest BCUT2D eigenvalue weighted by Gasteiger charge is 2.33. The van der Waals surface area contributed by atoms with Crippen LogP contribution in [-0.2, 0) is 5.60 Å². The first-order chi connectivity index (χ1) is 10.6. The number of nitrogens with zero attached hydrogens (tertiary/aromatic N) is 1. The molecule has 3 aromatic rings. The van der Waals surface area contributed by atoms with Crippen molar-refractivity contribution in [3.8, 4) is 0 Å². The summed E-state index contributed by atoms with van der Waals surface area (Å²) in [6.45, 7) is 2.02. The molecule has 1 heterocycles. The van der Waals surface area contributed by atoms with Crippen LogP contribution in [0.4, 0.5) is 0 Å². The van der Waals surface area contributed by atoms with Crippen molar-refractivity contribution in [1.82, 2.24) is 4.98 Å². The molecular weight excluding hydrogens is 294 g/mol. The fourth-order valence-corrected chi connectivity index (χ4v) is 2.69. The Morgan fingerprint density at radius 2 is 1.45 bits per heavy atom. The molecule has 2 aromatic carbocycles. The van der Waals surface area contributed by atoms with E-state index in [0.29, 0.717) is 5.02 Å². The van der Waals surface area contributed by atoms with Crippen molar-refractivity contribution in [1.29, 1.82) is 0 Å². The van der Waals surface area contributed by atoms with E-state index in [1.165, 1.54) is 0 Å². The lowest BCUT2D eigenvalue weighted by Gasteiger charge is -2.30. The van der Waals surface area contributed by atoms with Gasteiger partial charge in [-0.05, 0) is 36.2 Å². The SMILES string of the molecule is Cc1ccc([C@](O)(c2ccc(Cl)cc2)c2cccnc2)cc1. The van der Waals surface area contributed by atoms with Crippen molar-refractivity contribution < 1.29 is 5.11 Å². The Hall–Kier alpha value is -2.16. The van der Waals surface area contributed by atoms with Crippen molar-refractivity contribution in [2.24, 2.45) is 0 Å². The van der Waals surface area contributed by atoms with Gasteiger partial charge in [-0.3, -0.25) is 4.98 Å². The standard InChI is InChI=1S/C19H16ClNO/c1-14-4-6-15(7-5-14)19(22,17-3-2-12-21-13-17)16-8-10-18(20)11-9-16/h2-13,22H,1H3/t19-/m0/s1. The maximum atomic E-state index is 11.5. The van der Waals surface area contributed by atoms with Crippen LogP contribution in [0.5, 0.6) is 0 Å². The lowest BCUT2D eigenvalue weighted by atomic mass is 9.81. The maximum absolute atomic E-state index is 11.5. The van der Waals surface area contributed by atoms with Crippen LogP contribution in [0.15, 0.2) is 73.1 Å². The number of aromatic nitrogens is 1. The van der Waals surface area contributed by atoms with Gasteiger partial charge in [-0.2, -0.15) is 0 Å². The highest BCUT2D eigenvalue weighted by molar-refractivity contribution is 6.30. The molecule has 110 valence electrons. The molecule has 0 aliphatic rings. The Labute approximate surface area is 135 Å².